The van der Waals surface area contributed by atoms with Gasteiger partial charge in [0, 0.05) is 38.9 Å². The molecule has 1 spiro atoms. The monoisotopic (exact) mass is 534 g/mol. The highest BCUT2D eigenvalue weighted by Crippen LogP contribution is 2.37. The molecule has 3 aromatic rings. The number of carbonyl (C=O) groups excluding carboxylic acids is 2. The Labute approximate surface area is 229 Å². The van der Waals surface area contributed by atoms with Crippen molar-refractivity contribution in [1.29, 1.82) is 0 Å². The van der Waals surface area contributed by atoms with E-state index < -0.39 is 0 Å². The van der Waals surface area contributed by atoms with Crippen LogP contribution in [-0.2, 0) is 22.4 Å². The van der Waals surface area contributed by atoms with Crippen LogP contribution in [-0.4, -0.2) is 53.1 Å². The number of hydrogen-bond acceptors (Lipinski definition) is 7. The number of fused-ring (bicyclic) bond motifs is 1. The number of hydrogen-bond donors (Lipinski definition) is 1. The van der Waals surface area contributed by atoms with Gasteiger partial charge in [-0.1, -0.05) is 29.8 Å². The zero-order chi connectivity index (χ0) is 26.9. The van der Waals surface area contributed by atoms with Gasteiger partial charge < -0.3 is 23.9 Å². The fourth-order valence-electron chi connectivity index (χ4n) is 5.61. The SMILES string of the molecule is O=C1CCCOc2ccccc2CCCCC2(CCN(C(=O)CCCc3nc(-c4ccco4)no3)CC2)CN1. The highest BCUT2D eigenvalue weighted by molar-refractivity contribution is 5.76. The number of likely N-dealkylation sites (tertiary alicyclic amines) is 1. The van der Waals surface area contributed by atoms with E-state index in [0.29, 0.717) is 62.7 Å². The third-order valence-corrected chi connectivity index (χ3v) is 8.01. The fourth-order valence-corrected chi connectivity index (χ4v) is 5.61. The molecule has 2 aliphatic rings. The van der Waals surface area contributed by atoms with Crippen LogP contribution in [0.25, 0.3) is 11.6 Å². The minimum Gasteiger partial charge on any atom is -0.493 e. The van der Waals surface area contributed by atoms with Gasteiger partial charge in [-0.15, -0.1) is 0 Å². The molecular weight excluding hydrogens is 496 g/mol. The minimum absolute atomic E-state index is 0.0403. The van der Waals surface area contributed by atoms with Gasteiger partial charge in [-0.25, -0.2) is 0 Å². The topological polar surface area (TPSA) is 111 Å². The van der Waals surface area contributed by atoms with Crippen molar-refractivity contribution in [2.24, 2.45) is 5.41 Å². The predicted molar refractivity (Wildman–Crippen MR) is 145 cm³/mol. The van der Waals surface area contributed by atoms with Gasteiger partial charge in [-0.3, -0.25) is 9.59 Å². The van der Waals surface area contributed by atoms with E-state index in [1.54, 1.807) is 18.4 Å². The van der Waals surface area contributed by atoms with Crippen LogP contribution in [0.15, 0.2) is 51.6 Å². The van der Waals surface area contributed by atoms with Crippen LogP contribution in [0.2, 0.25) is 0 Å². The molecule has 2 amide bonds. The number of piperidine rings is 1. The summed E-state index contributed by atoms with van der Waals surface area (Å²) in [5, 5.41) is 7.14. The van der Waals surface area contributed by atoms with Crippen LogP contribution in [0.5, 0.6) is 5.75 Å². The normalized spacial score (nSPS) is 18.6. The molecule has 9 nitrogen and oxygen atoms in total. The van der Waals surface area contributed by atoms with Gasteiger partial charge in [0.25, 0.3) is 0 Å². The lowest BCUT2D eigenvalue weighted by molar-refractivity contribution is -0.134. The van der Waals surface area contributed by atoms with Crippen LogP contribution < -0.4 is 10.1 Å². The van der Waals surface area contributed by atoms with E-state index in [1.807, 2.05) is 17.0 Å². The number of para-hydroxylation sites is 1. The number of rotatable bonds is 5. The Balaban J connectivity index is 1.11. The second kappa shape index (κ2) is 13.0. The summed E-state index contributed by atoms with van der Waals surface area (Å²) in [5.74, 6) is 2.69. The molecule has 9 heteroatoms. The summed E-state index contributed by atoms with van der Waals surface area (Å²) in [6.07, 6.45) is 10.4. The number of aryl methyl sites for hydroxylation is 2. The maximum atomic E-state index is 13.0. The van der Waals surface area contributed by atoms with Gasteiger partial charge in [-0.2, -0.15) is 4.98 Å². The Bertz CT molecular complexity index is 1210. The molecule has 0 radical (unpaired) electrons. The van der Waals surface area contributed by atoms with E-state index >= 15 is 0 Å². The Morgan fingerprint density at radius 2 is 1.90 bits per heavy atom. The van der Waals surface area contributed by atoms with Crippen molar-refractivity contribution < 1.29 is 23.3 Å². The smallest absolute Gasteiger partial charge is 0.238 e. The first-order valence-corrected chi connectivity index (χ1v) is 14.2. The predicted octanol–water partition coefficient (Wildman–Crippen LogP) is 4.96. The fraction of sp³-hybridized carbons (Fsp3) is 0.533. The van der Waals surface area contributed by atoms with Crippen LogP contribution in [0.3, 0.4) is 0 Å². The molecule has 0 bridgehead atoms. The number of benzene rings is 1. The molecule has 4 heterocycles. The van der Waals surface area contributed by atoms with Crippen LogP contribution in [0, 0.1) is 5.41 Å². The third kappa shape index (κ3) is 7.28. The van der Waals surface area contributed by atoms with E-state index in [0.717, 1.165) is 57.4 Å². The molecule has 0 saturated carbocycles. The molecule has 5 rings (SSSR count). The summed E-state index contributed by atoms with van der Waals surface area (Å²) in [7, 11) is 0. The van der Waals surface area contributed by atoms with Crippen LogP contribution in [0.1, 0.15) is 69.2 Å². The van der Waals surface area contributed by atoms with E-state index in [1.165, 1.54) is 5.56 Å². The molecule has 1 N–H and O–H groups in total. The Kier molecular flexibility index (Phi) is 8.96. The van der Waals surface area contributed by atoms with E-state index in [9.17, 15) is 9.59 Å². The number of carbonyl (C=O) groups is 2. The lowest BCUT2D eigenvalue weighted by Gasteiger charge is -2.42. The summed E-state index contributed by atoms with van der Waals surface area (Å²) in [5.41, 5.74) is 1.28. The zero-order valence-electron chi connectivity index (χ0n) is 22.5. The van der Waals surface area contributed by atoms with Crippen molar-refractivity contribution in [3.63, 3.8) is 0 Å². The Morgan fingerprint density at radius 1 is 1.03 bits per heavy atom. The van der Waals surface area contributed by atoms with Gasteiger partial charge in [-0.05, 0) is 74.1 Å². The number of furan rings is 1. The van der Waals surface area contributed by atoms with Crippen molar-refractivity contribution in [3.05, 3.63) is 54.1 Å². The van der Waals surface area contributed by atoms with Gasteiger partial charge in [0.2, 0.25) is 23.5 Å². The van der Waals surface area contributed by atoms with E-state index in [-0.39, 0.29) is 17.2 Å². The molecule has 2 aromatic heterocycles. The number of amides is 2. The third-order valence-electron chi connectivity index (χ3n) is 8.01. The van der Waals surface area contributed by atoms with Gasteiger partial charge in [0.1, 0.15) is 5.75 Å². The highest BCUT2D eigenvalue weighted by atomic mass is 16.5. The molecule has 1 fully saturated rings. The maximum Gasteiger partial charge on any atom is 0.238 e. The van der Waals surface area contributed by atoms with Crippen LogP contribution >= 0.6 is 0 Å². The lowest BCUT2D eigenvalue weighted by atomic mass is 9.74. The van der Waals surface area contributed by atoms with Gasteiger partial charge in [0.15, 0.2) is 5.76 Å². The number of nitrogens with zero attached hydrogens (tertiary/aromatic N) is 3. The quantitative estimate of drug-likeness (QED) is 0.492. The first-order valence-electron chi connectivity index (χ1n) is 14.2. The second-order valence-electron chi connectivity index (χ2n) is 10.8. The Hall–Kier alpha value is -3.62. The molecule has 0 unspecified atom stereocenters. The molecule has 0 aliphatic carbocycles. The largest absolute Gasteiger partial charge is 0.493 e. The average molecular weight is 535 g/mol. The summed E-state index contributed by atoms with van der Waals surface area (Å²) in [4.78, 5) is 31.8. The summed E-state index contributed by atoms with van der Waals surface area (Å²) >= 11 is 0. The van der Waals surface area contributed by atoms with Crippen molar-refractivity contribution in [3.8, 4) is 17.3 Å². The first-order chi connectivity index (χ1) is 19.1. The second-order valence-corrected chi connectivity index (χ2v) is 10.8. The Morgan fingerprint density at radius 3 is 2.74 bits per heavy atom. The lowest BCUT2D eigenvalue weighted by Crippen LogP contribution is -2.48. The average Bonchev–Trinajstić information content (AvgIpc) is 3.66. The van der Waals surface area contributed by atoms with Gasteiger partial charge >= 0.3 is 0 Å². The molecule has 1 saturated heterocycles. The number of ether oxygens (including phenoxy) is 1. The highest BCUT2D eigenvalue weighted by Gasteiger charge is 2.35. The molecule has 2 aliphatic heterocycles. The summed E-state index contributed by atoms with van der Waals surface area (Å²) in [6, 6.07) is 11.8. The van der Waals surface area contributed by atoms with Gasteiger partial charge in [0.05, 0.1) is 12.9 Å². The number of aromatic nitrogens is 2. The molecular formula is C30H38N4O5. The summed E-state index contributed by atoms with van der Waals surface area (Å²) < 4.78 is 16.6. The minimum atomic E-state index is 0.0403. The van der Waals surface area contributed by atoms with E-state index in [4.69, 9.17) is 13.7 Å². The van der Waals surface area contributed by atoms with Crippen molar-refractivity contribution in [2.45, 2.75) is 70.6 Å². The van der Waals surface area contributed by atoms with Crippen molar-refractivity contribution in [1.82, 2.24) is 20.4 Å². The van der Waals surface area contributed by atoms with Crippen LogP contribution in [0.4, 0.5) is 0 Å². The molecule has 39 heavy (non-hydrogen) atoms. The van der Waals surface area contributed by atoms with Crippen molar-refractivity contribution >= 4 is 11.8 Å². The number of nitrogens with one attached hydrogen (secondary N) is 1. The first kappa shape index (κ1) is 27.0. The van der Waals surface area contributed by atoms with Crippen molar-refractivity contribution in [2.75, 3.05) is 26.2 Å². The molecule has 1 aromatic carbocycles. The molecule has 208 valence electrons. The summed E-state index contributed by atoms with van der Waals surface area (Å²) in [6.45, 7) is 2.69. The zero-order valence-corrected chi connectivity index (χ0v) is 22.5. The maximum absolute atomic E-state index is 13.0. The molecule has 0 atom stereocenters. The van der Waals surface area contributed by atoms with E-state index in [2.05, 4.69) is 27.6 Å². The standard InChI is InChI=1S/C30H38N4O5/c35-26-12-7-21-37-24-10-2-1-8-23(24)9-3-4-15-30(22-31-26)16-18-34(19-17-30)28(36)14-5-13-27-32-29(33-39-27)25-11-6-20-38-25/h1-2,6,8,10-11,20H,3-5,7,9,12-19,21-22H2,(H,31,35).